The first kappa shape index (κ1) is 21.3. The maximum absolute atomic E-state index is 14.2. The Hall–Kier alpha value is -2.45. The zero-order chi connectivity index (χ0) is 21.0. The number of rotatable bonds is 7. The molecule has 0 aliphatic rings. The third kappa shape index (κ3) is 4.94. The first-order valence-corrected chi connectivity index (χ1v) is 10.7. The topological polar surface area (TPSA) is 59.8 Å². The van der Waals surface area contributed by atoms with Gasteiger partial charge in [0.1, 0.15) is 5.82 Å². The van der Waals surface area contributed by atoms with E-state index in [0.29, 0.717) is 23.1 Å². The Balaban J connectivity index is 1.76. The standard InChI is InChI=1S/C21H20BrFN4OS/c1-4-9-27-20(16-7-5-6-8-17(16)23)25-26-21(27)29-12-18(28)24-19-13(2)10-15(22)11-14(19)3/h4-8,10-11H,1,9,12H2,2-3H3,(H,24,28). The molecule has 3 rings (SSSR count). The van der Waals surface area contributed by atoms with Crippen LogP contribution in [0.3, 0.4) is 0 Å². The van der Waals surface area contributed by atoms with Crippen LogP contribution in [0, 0.1) is 19.7 Å². The number of benzene rings is 2. The monoisotopic (exact) mass is 474 g/mol. The van der Waals surface area contributed by atoms with Crippen molar-refractivity contribution in [2.24, 2.45) is 0 Å². The van der Waals surface area contributed by atoms with Gasteiger partial charge in [-0.2, -0.15) is 0 Å². The average molecular weight is 475 g/mol. The van der Waals surface area contributed by atoms with Crippen LogP contribution in [0.1, 0.15) is 11.1 Å². The maximum atomic E-state index is 14.2. The molecule has 29 heavy (non-hydrogen) atoms. The molecule has 1 N–H and O–H groups in total. The van der Waals surface area contributed by atoms with Crippen molar-refractivity contribution in [3.8, 4) is 11.4 Å². The molecule has 0 bridgehead atoms. The number of nitrogens with one attached hydrogen (secondary N) is 1. The number of aryl methyl sites for hydroxylation is 2. The first-order valence-electron chi connectivity index (χ1n) is 8.89. The Labute approximate surface area is 181 Å². The Morgan fingerprint density at radius 3 is 2.62 bits per heavy atom. The lowest BCUT2D eigenvalue weighted by atomic mass is 10.1. The number of carbonyl (C=O) groups excluding carboxylic acids is 1. The highest BCUT2D eigenvalue weighted by molar-refractivity contribution is 9.10. The van der Waals surface area contributed by atoms with Crippen molar-refractivity contribution in [2.45, 2.75) is 25.5 Å². The van der Waals surface area contributed by atoms with Crippen molar-refractivity contribution in [2.75, 3.05) is 11.1 Å². The Morgan fingerprint density at radius 2 is 1.97 bits per heavy atom. The highest BCUT2D eigenvalue weighted by Gasteiger charge is 2.17. The summed E-state index contributed by atoms with van der Waals surface area (Å²) in [6.07, 6.45) is 1.69. The van der Waals surface area contributed by atoms with E-state index >= 15 is 0 Å². The summed E-state index contributed by atoms with van der Waals surface area (Å²) < 4.78 is 16.9. The molecule has 0 aliphatic carbocycles. The third-order valence-electron chi connectivity index (χ3n) is 4.24. The number of hydrogen-bond donors (Lipinski definition) is 1. The molecule has 0 fully saturated rings. The van der Waals surface area contributed by atoms with Crippen molar-refractivity contribution in [1.29, 1.82) is 0 Å². The van der Waals surface area contributed by atoms with Gasteiger partial charge in [0, 0.05) is 16.7 Å². The van der Waals surface area contributed by atoms with Crippen LogP contribution in [0.5, 0.6) is 0 Å². The molecule has 2 aromatic carbocycles. The molecule has 5 nitrogen and oxygen atoms in total. The van der Waals surface area contributed by atoms with Crippen molar-refractivity contribution in [3.63, 3.8) is 0 Å². The van der Waals surface area contributed by atoms with Gasteiger partial charge in [-0.1, -0.05) is 45.9 Å². The van der Waals surface area contributed by atoms with Crippen LogP contribution in [0.15, 0.2) is 58.7 Å². The average Bonchev–Trinajstić information content (AvgIpc) is 3.06. The van der Waals surface area contributed by atoms with E-state index in [4.69, 9.17) is 0 Å². The molecule has 1 amide bonds. The molecule has 0 saturated carbocycles. The number of nitrogens with zero attached hydrogens (tertiary/aromatic N) is 3. The molecule has 0 unspecified atom stereocenters. The third-order valence-corrected chi connectivity index (χ3v) is 5.66. The molecule has 0 radical (unpaired) electrons. The number of allylic oxidation sites excluding steroid dienone is 1. The minimum atomic E-state index is -0.374. The molecule has 150 valence electrons. The summed E-state index contributed by atoms with van der Waals surface area (Å²) in [4.78, 5) is 12.5. The summed E-state index contributed by atoms with van der Waals surface area (Å²) >= 11 is 4.70. The van der Waals surface area contributed by atoms with Crippen LogP contribution in [-0.2, 0) is 11.3 Å². The van der Waals surface area contributed by atoms with Gasteiger partial charge in [0.2, 0.25) is 5.91 Å². The lowest BCUT2D eigenvalue weighted by molar-refractivity contribution is -0.113. The predicted octanol–water partition coefficient (Wildman–Crippen LogP) is 5.38. The summed E-state index contributed by atoms with van der Waals surface area (Å²) in [5.74, 6) is 0.0388. The minimum absolute atomic E-state index is 0.149. The lowest BCUT2D eigenvalue weighted by Crippen LogP contribution is -2.16. The quantitative estimate of drug-likeness (QED) is 0.368. The van der Waals surface area contributed by atoms with Crippen molar-refractivity contribution in [1.82, 2.24) is 14.8 Å². The fourth-order valence-corrected chi connectivity index (χ4v) is 4.38. The summed E-state index contributed by atoms with van der Waals surface area (Å²) in [5.41, 5.74) is 3.12. The maximum Gasteiger partial charge on any atom is 0.234 e. The van der Waals surface area contributed by atoms with Crippen molar-refractivity contribution < 1.29 is 9.18 Å². The number of halogens is 2. The molecule has 0 aliphatic heterocycles. The van der Waals surface area contributed by atoms with Gasteiger partial charge in [-0.3, -0.25) is 9.36 Å². The summed E-state index contributed by atoms with van der Waals surface area (Å²) in [7, 11) is 0. The minimum Gasteiger partial charge on any atom is -0.325 e. The van der Waals surface area contributed by atoms with Crippen molar-refractivity contribution >= 4 is 39.3 Å². The largest absolute Gasteiger partial charge is 0.325 e. The second-order valence-corrected chi connectivity index (χ2v) is 8.29. The summed E-state index contributed by atoms with van der Waals surface area (Å²) in [5, 5.41) is 11.8. The van der Waals surface area contributed by atoms with Crippen LogP contribution in [-0.4, -0.2) is 26.4 Å². The lowest BCUT2D eigenvalue weighted by Gasteiger charge is -2.12. The van der Waals surface area contributed by atoms with Gasteiger partial charge in [-0.05, 0) is 49.2 Å². The Bertz CT molecular complexity index is 1040. The summed E-state index contributed by atoms with van der Waals surface area (Å²) in [6, 6.07) is 10.3. The first-order chi connectivity index (χ1) is 13.9. The highest BCUT2D eigenvalue weighted by Crippen LogP contribution is 2.28. The molecular weight excluding hydrogens is 455 g/mol. The number of aromatic nitrogens is 3. The van der Waals surface area contributed by atoms with Gasteiger partial charge < -0.3 is 5.32 Å². The number of amides is 1. The number of anilines is 1. The van der Waals surface area contributed by atoms with Gasteiger partial charge >= 0.3 is 0 Å². The van der Waals surface area contributed by atoms with Crippen LogP contribution >= 0.6 is 27.7 Å². The molecule has 0 spiro atoms. The van der Waals surface area contributed by atoms with Crippen LogP contribution in [0.4, 0.5) is 10.1 Å². The molecule has 8 heteroatoms. The fraction of sp³-hybridized carbons (Fsp3) is 0.190. The Kier molecular flexibility index (Phi) is 6.87. The molecule has 0 atom stereocenters. The van der Waals surface area contributed by atoms with E-state index in [0.717, 1.165) is 21.3 Å². The van der Waals surface area contributed by atoms with Gasteiger partial charge in [0.05, 0.1) is 11.3 Å². The second kappa shape index (κ2) is 9.37. The van der Waals surface area contributed by atoms with E-state index in [1.165, 1.54) is 17.8 Å². The van der Waals surface area contributed by atoms with Gasteiger partial charge in [-0.25, -0.2) is 4.39 Å². The van der Waals surface area contributed by atoms with E-state index in [1.807, 2.05) is 26.0 Å². The van der Waals surface area contributed by atoms with E-state index in [1.54, 1.807) is 28.8 Å². The van der Waals surface area contributed by atoms with Gasteiger partial charge in [0.15, 0.2) is 11.0 Å². The van der Waals surface area contributed by atoms with E-state index in [9.17, 15) is 9.18 Å². The molecule has 1 aromatic heterocycles. The fourth-order valence-electron chi connectivity index (χ4n) is 2.94. The second-order valence-electron chi connectivity index (χ2n) is 6.44. The van der Waals surface area contributed by atoms with Gasteiger partial charge in [-0.15, -0.1) is 16.8 Å². The normalized spacial score (nSPS) is 10.8. The van der Waals surface area contributed by atoms with E-state index in [-0.39, 0.29) is 17.5 Å². The van der Waals surface area contributed by atoms with Crippen LogP contribution < -0.4 is 5.32 Å². The highest BCUT2D eigenvalue weighted by atomic mass is 79.9. The zero-order valence-electron chi connectivity index (χ0n) is 16.1. The smallest absolute Gasteiger partial charge is 0.234 e. The van der Waals surface area contributed by atoms with E-state index in [2.05, 4.69) is 38.0 Å². The Morgan fingerprint density at radius 1 is 1.28 bits per heavy atom. The molecule has 1 heterocycles. The number of hydrogen-bond acceptors (Lipinski definition) is 4. The molecule has 3 aromatic rings. The predicted molar refractivity (Wildman–Crippen MR) is 119 cm³/mol. The van der Waals surface area contributed by atoms with Crippen LogP contribution in [0.25, 0.3) is 11.4 Å². The van der Waals surface area contributed by atoms with E-state index < -0.39 is 0 Å². The van der Waals surface area contributed by atoms with Crippen molar-refractivity contribution in [3.05, 3.63) is 70.5 Å². The van der Waals surface area contributed by atoms with Crippen LogP contribution in [0.2, 0.25) is 0 Å². The summed E-state index contributed by atoms with van der Waals surface area (Å²) in [6.45, 7) is 8.05. The number of thioether (sulfide) groups is 1. The SMILES string of the molecule is C=CCn1c(SCC(=O)Nc2c(C)cc(Br)cc2C)nnc1-c1ccccc1F. The number of carbonyl (C=O) groups is 1. The van der Waals surface area contributed by atoms with Gasteiger partial charge in [0.25, 0.3) is 0 Å². The molecular formula is C21H20BrFN4OS. The molecule has 0 saturated heterocycles. The zero-order valence-corrected chi connectivity index (χ0v) is 18.5.